The van der Waals surface area contributed by atoms with Gasteiger partial charge in [0.2, 0.25) is 0 Å². The van der Waals surface area contributed by atoms with E-state index in [1.54, 1.807) is 25.6 Å². The van der Waals surface area contributed by atoms with E-state index in [9.17, 15) is 0 Å². The molecule has 0 radical (unpaired) electrons. The van der Waals surface area contributed by atoms with Crippen LogP contribution in [-0.4, -0.2) is 31.7 Å². The lowest BCUT2D eigenvalue weighted by Crippen LogP contribution is -2.36. The maximum atomic E-state index is 5.38. The van der Waals surface area contributed by atoms with Crippen LogP contribution in [0.2, 0.25) is 0 Å². The van der Waals surface area contributed by atoms with Gasteiger partial charge in [0.1, 0.15) is 5.01 Å². The number of nitrogens with zero attached hydrogens (tertiary/aromatic N) is 2. The van der Waals surface area contributed by atoms with Crippen molar-refractivity contribution >= 4 is 41.3 Å². The summed E-state index contributed by atoms with van der Waals surface area (Å²) in [5.41, 5.74) is 3.23. The van der Waals surface area contributed by atoms with Gasteiger partial charge in [0.15, 0.2) is 17.5 Å². The van der Waals surface area contributed by atoms with Gasteiger partial charge in [-0.05, 0) is 31.5 Å². The van der Waals surface area contributed by atoms with Crippen molar-refractivity contribution in [2.24, 2.45) is 4.99 Å². The van der Waals surface area contributed by atoms with E-state index >= 15 is 0 Å². The zero-order chi connectivity index (χ0) is 21.3. The van der Waals surface area contributed by atoms with Crippen LogP contribution >= 0.6 is 35.3 Å². The number of guanidine groups is 1. The lowest BCUT2D eigenvalue weighted by Gasteiger charge is -2.12. The van der Waals surface area contributed by atoms with E-state index in [1.165, 1.54) is 4.88 Å². The molecule has 0 spiro atoms. The van der Waals surface area contributed by atoms with Crippen LogP contribution in [0.25, 0.3) is 10.6 Å². The Bertz CT molecular complexity index is 992. The smallest absolute Gasteiger partial charge is 0.191 e. The van der Waals surface area contributed by atoms with Crippen molar-refractivity contribution in [3.8, 4) is 22.1 Å². The maximum absolute atomic E-state index is 5.38. The number of halogens is 1. The van der Waals surface area contributed by atoms with Crippen molar-refractivity contribution in [2.45, 2.75) is 26.9 Å². The van der Waals surface area contributed by atoms with Crippen LogP contribution in [0.4, 0.5) is 0 Å². The van der Waals surface area contributed by atoms with E-state index in [4.69, 9.17) is 19.5 Å². The zero-order valence-corrected chi connectivity index (χ0v) is 21.4. The Morgan fingerprint density at radius 3 is 2.45 bits per heavy atom. The predicted molar refractivity (Wildman–Crippen MR) is 139 cm³/mol. The topological polar surface area (TPSA) is 67.8 Å². The van der Waals surface area contributed by atoms with Crippen LogP contribution in [0.3, 0.4) is 0 Å². The number of benzene rings is 2. The summed E-state index contributed by atoms with van der Waals surface area (Å²) in [6.07, 6.45) is 0. The Kier molecular flexibility index (Phi) is 10.1. The maximum Gasteiger partial charge on any atom is 0.191 e. The molecule has 3 aromatic rings. The first-order valence-electron chi connectivity index (χ1n) is 9.89. The van der Waals surface area contributed by atoms with Gasteiger partial charge in [-0.1, -0.05) is 36.4 Å². The van der Waals surface area contributed by atoms with Crippen molar-refractivity contribution in [2.75, 3.05) is 20.8 Å². The molecule has 2 aromatic carbocycles. The van der Waals surface area contributed by atoms with Gasteiger partial charge in [0, 0.05) is 17.0 Å². The van der Waals surface area contributed by atoms with Crippen LogP contribution < -0.4 is 20.1 Å². The van der Waals surface area contributed by atoms with Gasteiger partial charge in [-0.15, -0.1) is 35.3 Å². The summed E-state index contributed by atoms with van der Waals surface area (Å²) in [5, 5.41) is 7.76. The fourth-order valence-corrected chi connectivity index (χ4v) is 3.96. The minimum atomic E-state index is 0. The molecule has 31 heavy (non-hydrogen) atoms. The lowest BCUT2D eigenvalue weighted by molar-refractivity contribution is 0.354. The molecular formula is C23H29IN4O2S. The van der Waals surface area contributed by atoms with Crippen molar-refractivity contribution in [1.82, 2.24) is 15.6 Å². The SMILES string of the molecule is CCNC(=NCc1ccc(OC)c(OC)c1)NCc1sc(-c2ccccc2)nc1C.I. The van der Waals surface area contributed by atoms with Crippen molar-refractivity contribution in [1.29, 1.82) is 0 Å². The zero-order valence-electron chi connectivity index (χ0n) is 18.3. The largest absolute Gasteiger partial charge is 0.493 e. The summed E-state index contributed by atoms with van der Waals surface area (Å²) in [4.78, 5) is 10.6. The molecule has 6 nitrogen and oxygen atoms in total. The summed E-state index contributed by atoms with van der Waals surface area (Å²) in [6.45, 7) is 6.10. The van der Waals surface area contributed by atoms with Gasteiger partial charge in [-0.25, -0.2) is 9.98 Å². The molecular weight excluding hydrogens is 523 g/mol. The standard InChI is InChI=1S/C23H28N4O2S.HI/c1-5-24-23(25-14-17-11-12-19(28-3)20(13-17)29-4)26-15-21-16(2)27-22(30-21)18-9-7-6-8-10-18;/h6-13H,5,14-15H2,1-4H3,(H2,24,25,26);1H. The first-order valence-corrected chi connectivity index (χ1v) is 10.7. The second-order valence-corrected chi connectivity index (χ2v) is 7.72. The van der Waals surface area contributed by atoms with E-state index in [1.807, 2.05) is 43.3 Å². The van der Waals surface area contributed by atoms with E-state index in [0.29, 0.717) is 24.6 Å². The number of aliphatic imine (C=N–C) groups is 1. The van der Waals surface area contributed by atoms with Crippen LogP contribution in [0.5, 0.6) is 11.5 Å². The molecule has 0 fully saturated rings. The van der Waals surface area contributed by atoms with Gasteiger partial charge < -0.3 is 20.1 Å². The highest BCUT2D eigenvalue weighted by atomic mass is 127. The van der Waals surface area contributed by atoms with Gasteiger partial charge in [-0.2, -0.15) is 0 Å². The molecule has 0 amide bonds. The Morgan fingerprint density at radius 1 is 1.03 bits per heavy atom. The van der Waals surface area contributed by atoms with Crippen LogP contribution in [-0.2, 0) is 13.1 Å². The molecule has 166 valence electrons. The Labute approximate surface area is 205 Å². The average molecular weight is 552 g/mol. The summed E-state index contributed by atoms with van der Waals surface area (Å²) in [5.74, 6) is 2.18. The molecule has 0 aliphatic heterocycles. The molecule has 0 saturated carbocycles. The number of ether oxygens (including phenoxy) is 2. The van der Waals surface area contributed by atoms with E-state index in [2.05, 4.69) is 29.7 Å². The monoisotopic (exact) mass is 552 g/mol. The number of rotatable bonds is 8. The molecule has 2 N–H and O–H groups in total. The summed E-state index contributed by atoms with van der Waals surface area (Å²) < 4.78 is 10.7. The minimum Gasteiger partial charge on any atom is -0.493 e. The van der Waals surface area contributed by atoms with Crippen molar-refractivity contribution in [3.05, 3.63) is 64.7 Å². The Balaban J connectivity index is 0.00000341. The molecule has 1 heterocycles. The molecule has 0 aliphatic rings. The fraction of sp³-hybridized carbons (Fsp3) is 0.304. The molecule has 0 unspecified atom stereocenters. The van der Waals surface area contributed by atoms with Gasteiger partial charge >= 0.3 is 0 Å². The van der Waals surface area contributed by atoms with Gasteiger partial charge in [-0.3, -0.25) is 0 Å². The van der Waals surface area contributed by atoms with Crippen molar-refractivity contribution < 1.29 is 9.47 Å². The second kappa shape index (κ2) is 12.5. The molecule has 0 atom stereocenters. The highest BCUT2D eigenvalue weighted by molar-refractivity contribution is 14.0. The van der Waals surface area contributed by atoms with E-state index in [-0.39, 0.29) is 24.0 Å². The highest BCUT2D eigenvalue weighted by Gasteiger charge is 2.10. The second-order valence-electron chi connectivity index (χ2n) is 6.63. The van der Waals surface area contributed by atoms with E-state index < -0.39 is 0 Å². The lowest BCUT2D eigenvalue weighted by atomic mass is 10.2. The molecule has 8 heteroatoms. The molecule has 0 aliphatic carbocycles. The third-order valence-corrected chi connectivity index (χ3v) is 5.75. The minimum absolute atomic E-state index is 0. The summed E-state index contributed by atoms with van der Waals surface area (Å²) in [6, 6.07) is 16.1. The third-order valence-electron chi connectivity index (χ3n) is 4.54. The van der Waals surface area contributed by atoms with Crippen LogP contribution in [0.15, 0.2) is 53.5 Å². The van der Waals surface area contributed by atoms with Crippen LogP contribution in [0, 0.1) is 6.92 Å². The molecule has 3 rings (SSSR count). The first-order chi connectivity index (χ1) is 14.6. The number of methoxy groups -OCH3 is 2. The first kappa shape index (κ1) is 24.9. The van der Waals surface area contributed by atoms with E-state index in [0.717, 1.165) is 34.3 Å². The molecule has 0 bridgehead atoms. The number of aromatic nitrogens is 1. The van der Waals surface area contributed by atoms with Crippen LogP contribution in [0.1, 0.15) is 23.1 Å². The highest BCUT2D eigenvalue weighted by Crippen LogP contribution is 2.28. The number of nitrogens with one attached hydrogen (secondary N) is 2. The Morgan fingerprint density at radius 2 is 1.77 bits per heavy atom. The number of thiazole rings is 1. The van der Waals surface area contributed by atoms with Gasteiger partial charge in [0.05, 0.1) is 33.0 Å². The number of hydrogen-bond acceptors (Lipinski definition) is 5. The summed E-state index contributed by atoms with van der Waals surface area (Å²) in [7, 11) is 3.27. The average Bonchev–Trinajstić information content (AvgIpc) is 3.16. The third kappa shape index (κ3) is 6.83. The number of aryl methyl sites for hydroxylation is 1. The predicted octanol–water partition coefficient (Wildman–Crippen LogP) is 5.01. The molecule has 0 saturated heterocycles. The Hall–Kier alpha value is -2.33. The summed E-state index contributed by atoms with van der Waals surface area (Å²) >= 11 is 1.71. The molecule has 1 aromatic heterocycles. The normalized spacial score (nSPS) is 10.9. The van der Waals surface area contributed by atoms with Gasteiger partial charge in [0.25, 0.3) is 0 Å². The van der Waals surface area contributed by atoms with Crippen molar-refractivity contribution in [3.63, 3.8) is 0 Å². The quantitative estimate of drug-likeness (QED) is 0.234. The number of hydrogen-bond donors (Lipinski definition) is 2. The fourth-order valence-electron chi connectivity index (χ4n) is 2.95.